The lowest BCUT2D eigenvalue weighted by Crippen LogP contribution is -2.30. The lowest BCUT2D eigenvalue weighted by Gasteiger charge is -2.21. The molecular formula is C66H128O17P2. The third-order valence-corrected chi connectivity index (χ3v) is 17.3. The molecule has 0 aromatic heterocycles. The summed E-state index contributed by atoms with van der Waals surface area (Å²) in [5.41, 5.74) is 0. The second-order valence-electron chi connectivity index (χ2n) is 23.9. The van der Waals surface area contributed by atoms with Gasteiger partial charge in [-0.1, -0.05) is 291 Å². The first-order valence-electron chi connectivity index (χ1n) is 34.8. The molecule has 0 aromatic rings. The molecule has 0 aliphatic rings. The normalized spacial score (nSPS) is 14.1. The molecule has 0 rings (SSSR count). The van der Waals surface area contributed by atoms with E-state index in [4.69, 9.17) is 37.0 Å². The summed E-state index contributed by atoms with van der Waals surface area (Å²) in [5, 5.41) is 10.5. The quantitative estimate of drug-likeness (QED) is 0.0222. The van der Waals surface area contributed by atoms with Crippen LogP contribution in [0.25, 0.3) is 0 Å². The van der Waals surface area contributed by atoms with E-state index in [1.54, 1.807) is 0 Å². The zero-order valence-electron chi connectivity index (χ0n) is 54.6. The Balaban J connectivity index is 5.21. The van der Waals surface area contributed by atoms with Gasteiger partial charge in [0.2, 0.25) is 0 Å². The van der Waals surface area contributed by atoms with Crippen LogP contribution in [0.2, 0.25) is 0 Å². The molecule has 0 aromatic carbocycles. The Morgan fingerprint density at radius 1 is 0.282 bits per heavy atom. The maximum Gasteiger partial charge on any atom is 0.472 e. The number of aliphatic hydroxyl groups excluding tert-OH is 1. The molecule has 5 atom stereocenters. The lowest BCUT2D eigenvalue weighted by molar-refractivity contribution is -0.161. The SMILES string of the molecule is CCCCCCCCCCCCCCCC(=O)OC[C@H](COP(=O)(O)OC[C@@H](O)COP(=O)(O)OC[C@@H](COC(=O)CCCCCCCCC)OC(=O)CCCCCCCCCCCCCC)OC(=O)CCCCCCCCCCCCCCC. The molecule has 0 saturated heterocycles. The fourth-order valence-electron chi connectivity index (χ4n) is 9.99. The van der Waals surface area contributed by atoms with Gasteiger partial charge >= 0.3 is 39.5 Å². The number of phosphoric acid groups is 2. The number of carbonyl (C=O) groups excluding carboxylic acids is 4. The number of ether oxygens (including phenoxy) is 4. The van der Waals surface area contributed by atoms with Gasteiger partial charge in [0, 0.05) is 25.7 Å². The van der Waals surface area contributed by atoms with E-state index in [1.807, 2.05) is 0 Å². The van der Waals surface area contributed by atoms with Crippen LogP contribution in [0.4, 0.5) is 0 Å². The van der Waals surface area contributed by atoms with Crippen LogP contribution in [-0.2, 0) is 65.4 Å². The van der Waals surface area contributed by atoms with Gasteiger partial charge < -0.3 is 33.8 Å². The summed E-state index contributed by atoms with van der Waals surface area (Å²) in [4.78, 5) is 72.2. The van der Waals surface area contributed by atoms with Crippen LogP contribution >= 0.6 is 15.6 Å². The smallest absolute Gasteiger partial charge is 0.462 e. The van der Waals surface area contributed by atoms with Gasteiger partial charge in [0.1, 0.15) is 19.3 Å². The fourth-order valence-corrected chi connectivity index (χ4v) is 11.6. The van der Waals surface area contributed by atoms with Gasteiger partial charge in [0.05, 0.1) is 26.4 Å². The van der Waals surface area contributed by atoms with Crippen molar-refractivity contribution in [1.29, 1.82) is 0 Å². The monoisotopic (exact) mass is 1250 g/mol. The number of rotatable bonds is 67. The summed E-state index contributed by atoms with van der Waals surface area (Å²) in [5.74, 6) is -2.13. The van der Waals surface area contributed by atoms with E-state index in [1.165, 1.54) is 161 Å². The average molecular weight is 1260 g/mol. The summed E-state index contributed by atoms with van der Waals surface area (Å²) in [7, 11) is -9.88. The predicted octanol–water partition coefficient (Wildman–Crippen LogP) is 18.7. The van der Waals surface area contributed by atoms with Crippen molar-refractivity contribution in [3.63, 3.8) is 0 Å². The second kappa shape index (κ2) is 60.9. The second-order valence-corrected chi connectivity index (χ2v) is 26.8. The van der Waals surface area contributed by atoms with Crippen molar-refractivity contribution in [2.45, 2.75) is 361 Å². The Morgan fingerprint density at radius 3 is 0.694 bits per heavy atom. The van der Waals surface area contributed by atoms with Gasteiger partial charge in [0.25, 0.3) is 0 Å². The molecule has 0 amide bonds. The van der Waals surface area contributed by atoms with E-state index in [-0.39, 0.29) is 25.7 Å². The van der Waals surface area contributed by atoms with Gasteiger partial charge in [0.15, 0.2) is 12.2 Å². The minimum Gasteiger partial charge on any atom is -0.462 e. The van der Waals surface area contributed by atoms with Crippen molar-refractivity contribution in [3.8, 4) is 0 Å². The Morgan fingerprint density at radius 2 is 0.471 bits per heavy atom. The molecule has 0 heterocycles. The van der Waals surface area contributed by atoms with E-state index in [2.05, 4.69) is 27.7 Å². The van der Waals surface area contributed by atoms with Crippen LogP contribution in [0.1, 0.15) is 342 Å². The fraction of sp³-hybridized carbons (Fsp3) is 0.939. The molecule has 17 nitrogen and oxygen atoms in total. The van der Waals surface area contributed by atoms with E-state index in [0.29, 0.717) is 25.7 Å². The molecule has 0 aliphatic carbocycles. The highest BCUT2D eigenvalue weighted by Crippen LogP contribution is 2.45. The highest BCUT2D eigenvalue weighted by Gasteiger charge is 2.30. The van der Waals surface area contributed by atoms with Crippen LogP contribution in [0.15, 0.2) is 0 Å². The third-order valence-electron chi connectivity index (χ3n) is 15.4. The number of hydrogen-bond acceptors (Lipinski definition) is 15. The van der Waals surface area contributed by atoms with Crippen molar-refractivity contribution < 1.29 is 80.2 Å². The molecule has 2 unspecified atom stereocenters. The van der Waals surface area contributed by atoms with Crippen molar-refractivity contribution in [3.05, 3.63) is 0 Å². The van der Waals surface area contributed by atoms with Crippen LogP contribution in [-0.4, -0.2) is 96.7 Å². The van der Waals surface area contributed by atoms with Crippen molar-refractivity contribution >= 4 is 39.5 Å². The summed E-state index contributed by atoms with van der Waals surface area (Å²) in [6.07, 6.45) is 47.1. The largest absolute Gasteiger partial charge is 0.472 e. The molecule has 504 valence electrons. The third kappa shape index (κ3) is 60.7. The van der Waals surface area contributed by atoms with E-state index in [9.17, 15) is 43.2 Å². The zero-order valence-corrected chi connectivity index (χ0v) is 56.4. The number of unbranched alkanes of at least 4 members (excludes halogenated alkanes) is 41. The van der Waals surface area contributed by atoms with Crippen molar-refractivity contribution in [1.82, 2.24) is 0 Å². The van der Waals surface area contributed by atoms with Crippen LogP contribution in [0.5, 0.6) is 0 Å². The number of hydrogen-bond donors (Lipinski definition) is 3. The molecule has 19 heteroatoms. The number of carbonyl (C=O) groups is 4. The Kier molecular flexibility index (Phi) is 59.6. The van der Waals surface area contributed by atoms with Crippen molar-refractivity contribution in [2.24, 2.45) is 0 Å². The maximum absolute atomic E-state index is 13.0. The molecule has 3 N–H and O–H groups in total. The molecule has 85 heavy (non-hydrogen) atoms. The predicted molar refractivity (Wildman–Crippen MR) is 340 cm³/mol. The van der Waals surface area contributed by atoms with Gasteiger partial charge in [-0.05, 0) is 25.7 Å². The highest BCUT2D eigenvalue weighted by molar-refractivity contribution is 7.47. The van der Waals surface area contributed by atoms with Crippen LogP contribution in [0.3, 0.4) is 0 Å². The Hall–Kier alpha value is -1.94. The number of esters is 4. The first kappa shape index (κ1) is 83.1. The Bertz CT molecular complexity index is 1640. The van der Waals surface area contributed by atoms with Gasteiger partial charge in [-0.25, -0.2) is 9.13 Å². The van der Waals surface area contributed by atoms with Crippen LogP contribution < -0.4 is 0 Å². The molecule has 0 fully saturated rings. The average Bonchev–Trinajstić information content (AvgIpc) is 3.61. The van der Waals surface area contributed by atoms with Gasteiger partial charge in [-0.2, -0.15) is 0 Å². The molecule has 0 aliphatic heterocycles. The van der Waals surface area contributed by atoms with E-state index < -0.39 is 97.5 Å². The summed E-state index contributed by atoms with van der Waals surface area (Å²) in [6, 6.07) is 0. The molecule has 0 saturated carbocycles. The van der Waals surface area contributed by atoms with Gasteiger partial charge in [-0.15, -0.1) is 0 Å². The minimum atomic E-state index is -4.94. The summed E-state index contributed by atoms with van der Waals surface area (Å²) >= 11 is 0. The maximum atomic E-state index is 13.0. The Labute approximate surface area is 517 Å². The van der Waals surface area contributed by atoms with E-state index >= 15 is 0 Å². The highest BCUT2D eigenvalue weighted by atomic mass is 31.2. The molecule has 0 bridgehead atoms. The first-order chi connectivity index (χ1) is 41.2. The summed E-state index contributed by atoms with van der Waals surface area (Å²) in [6.45, 7) is 4.88. The van der Waals surface area contributed by atoms with E-state index in [0.717, 1.165) is 103 Å². The summed E-state index contributed by atoms with van der Waals surface area (Å²) < 4.78 is 68.0. The molecule has 0 radical (unpaired) electrons. The minimum absolute atomic E-state index is 0.107. The first-order valence-corrected chi connectivity index (χ1v) is 37.8. The van der Waals surface area contributed by atoms with Crippen molar-refractivity contribution in [2.75, 3.05) is 39.6 Å². The lowest BCUT2D eigenvalue weighted by atomic mass is 10.0. The van der Waals surface area contributed by atoms with Crippen LogP contribution in [0, 0.1) is 0 Å². The molecular weight excluding hydrogens is 1130 g/mol. The topological polar surface area (TPSA) is 237 Å². The zero-order chi connectivity index (χ0) is 62.6. The van der Waals surface area contributed by atoms with Gasteiger partial charge in [-0.3, -0.25) is 37.3 Å². The molecule has 0 spiro atoms. The number of aliphatic hydroxyl groups is 1. The standard InChI is InChI=1S/C66H128O17P2/c1-5-9-13-17-21-24-27-30-33-35-39-43-47-51-64(69)77-57-62(83-66(71)53-49-45-41-37-34-31-28-25-22-18-14-10-6-2)59-81-85(74,75)79-55-60(67)54-78-84(72,73)80-58-61(56-76-63(68)50-46-42-38-20-16-12-8-4)82-65(70)52-48-44-40-36-32-29-26-23-19-15-11-7-3/h60-62,67H,5-59H2,1-4H3,(H,72,73)(H,74,75)/t60-,61+,62+/m0/s1. The number of phosphoric ester groups is 2.